The highest BCUT2D eigenvalue weighted by Crippen LogP contribution is 2.13. The Labute approximate surface area is 241 Å². The Balaban J connectivity index is 0. The SMILES string of the molecule is CCCCCCCCCCCC(=O)N[C@H](CCC(=O)N[C@@H](/C=C/C[C@@H](N)C(=O)O)C(=O)O)C(=O)O.O=C(O)C(F)(F)F. The topological polar surface area (TPSA) is 233 Å². The molecule has 0 unspecified atom stereocenters. The maximum Gasteiger partial charge on any atom is 0.490 e. The molecular weight excluding hydrogens is 571 g/mol. The highest BCUT2D eigenvalue weighted by molar-refractivity contribution is 5.86. The number of rotatable bonds is 21. The van der Waals surface area contributed by atoms with E-state index in [1.807, 2.05) is 0 Å². The average molecular weight is 614 g/mol. The number of amides is 2. The molecule has 0 aromatic rings. The highest BCUT2D eigenvalue weighted by atomic mass is 19.4. The molecule has 0 aromatic heterocycles. The summed E-state index contributed by atoms with van der Waals surface area (Å²) < 4.78 is 31.7. The van der Waals surface area contributed by atoms with Crippen molar-refractivity contribution in [2.45, 2.75) is 115 Å². The van der Waals surface area contributed by atoms with Crippen LogP contribution in [0.3, 0.4) is 0 Å². The number of carbonyl (C=O) groups is 6. The van der Waals surface area contributed by atoms with Crippen LogP contribution >= 0.6 is 0 Å². The van der Waals surface area contributed by atoms with Gasteiger partial charge < -0.3 is 36.8 Å². The lowest BCUT2D eigenvalue weighted by Crippen LogP contribution is -2.43. The number of carboxylic acid groups (broad SMARTS) is 4. The van der Waals surface area contributed by atoms with E-state index in [9.17, 15) is 47.4 Å². The number of nitrogens with one attached hydrogen (secondary N) is 2. The second-order valence-corrected chi connectivity index (χ2v) is 9.37. The largest absolute Gasteiger partial charge is 0.490 e. The fourth-order valence-electron chi connectivity index (χ4n) is 3.30. The van der Waals surface area contributed by atoms with Gasteiger partial charge in [0.15, 0.2) is 0 Å². The van der Waals surface area contributed by atoms with Gasteiger partial charge in [-0.3, -0.25) is 14.4 Å². The third-order valence-electron chi connectivity index (χ3n) is 5.66. The third kappa shape index (κ3) is 23.1. The molecule has 0 heterocycles. The lowest BCUT2D eigenvalue weighted by Gasteiger charge is -2.15. The first-order chi connectivity index (χ1) is 19.5. The minimum Gasteiger partial charge on any atom is -0.480 e. The molecule has 0 aliphatic rings. The molecule has 0 aliphatic heterocycles. The predicted molar refractivity (Wildman–Crippen MR) is 143 cm³/mol. The molecule has 16 heteroatoms. The van der Waals surface area contributed by atoms with Gasteiger partial charge in [-0.25, -0.2) is 14.4 Å². The Hall–Kier alpha value is -3.69. The van der Waals surface area contributed by atoms with Gasteiger partial charge in [0.1, 0.15) is 18.1 Å². The van der Waals surface area contributed by atoms with Crippen molar-refractivity contribution in [3.05, 3.63) is 12.2 Å². The van der Waals surface area contributed by atoms with Gasteiger partial charge in [-0.05, 0) is 19.3 Å². The number of carbonyl (C=O) groups excluding carboxylic acids is 2. The minimum absolute atomic E-state index is 0.124. The van der Waals surface area contributed by atoms with Gasteiger partial charge in [0.05, 0.1) is 0 Å². The maximum atomic E-state index is 12.1. The van der Waals surface area contributed by atoms with E-state index in [1.165, 1.54) is 38.2 Å². The fourth-order valence-corrected chi connectivity index (χ4v) is 3.30. The van der Waals surface area contributed by atoms with Crippen molar-refractivity contribution in [2.75, 3.05) is 0 Å². The second kappa shape index (κ2) is 22.9. The zero-order chi connectivity index (χ0) is 32.7. The Bertz CT molecular complexity index is 897. The van der Waals surface area contributed by atoms with Gasteiger partial charge >= 0.3 is 30.1 Å². The molecule has 0 aliphatic carbocycles. The van der Waals surface area contributed by atoms with E-state index in [4.69, 9.17) is 20.7 Å². The van der Waals surface area contributed by atoms with Crippen LogP contribution in [0.25, 0.3) is 0 Å². The minimum atomic E-state index is -5.08. The Morgan fingerprint density at radius 1 is 0.738 bits per heavy atom. The Morgan fingerprint density at radius 3 is 1.64 bits per heavy atom. The summed E-state index contributed by atoms with van der Waals surface area (Å²) in [5.41, 5.74) is 5.33. The monoisotopic (exact) mass is 613 g/mol. The average Bonchev–Trinajstić information content (AvgIpc) is 2.88. The Kier molecular flexibility index (Phi) is 22.1. The molecule has 42 heavy (non-hydrogen) atoms. The maximum absolute atomic E-state index is 12.1. The van der Waals surface area contributed by atoms with Crippen LogP contribution in [0, 0.1) is 0 Å². The van der Waals surface area contributed by atoms with Crippen molar-refractivity contribution in [2.24, 2.45) is 5.73 Å². The van der Waals surface area contributed by atoms with Crippen molar-refractivity contribution >= 4 is 35.7 Å². The third-order valence-corrected chi connectivity index (χ3v) is 5.66. The molecule has 0 spiro atoms. The number of aliphatic carboxylic acids is 4. The molecule has 0 fully saturated rings. The number of halogens is 3. The summed E-state index contributed by atoms with van der Waals surface area (Å²) in [7, 11) is 0. The lowest BCUT2D eigenvalue weighted by molar-refractivity contribution is -0.192. The van der Waals surface area contributed by atoms with E-state index in [0.29, 0.717) is 6.42 Å². The second-order valence-electron chi connectivity index (χ2n) is 9.37. The van der Waals surface area contributed by atoms with E-state index in [0.717, 1.165) is 25.3 Å². The quantitative estimate of drug-likeness (QED) is 0.0734. The summed E-state index contributed by atoms with van der Waals surface area (Å²) in [4.78, 5) is 66.5. The summed E-state index contributed by atoms with van der Waals surface area (Å²) in [5.74, 6) is -7.78. The van der Waals surface area contributed by atoms with Gasteiger partial charge in [-0.15, -0.1) is 0 Å². The van der Waals surface area contributed by atoms with Gasteiger partial charge in [-0.2, -0.15) is 13.2 Å². The van der Waals surface area contributed by atoms with Gasteiger partial charge in [0, 0.05) is 12.8 Å². The zero-order valence-electron chi connectivity index (χ0n) is 23.5. The van der Waals surface area contributed by atoms with Crippen LogP contribution in [-0.2, 0) is 28.8 Å². The van der Waals surface area contributed by atoms with Crippen molar-refractivity contribution in [3.63, 3.8) is 0 Å². The van der Waals surface area contributed by atoms with Crippen LogP contribution in [0.4, 0.5) is 13.2 Å². The smallest absolute Gasteiger partial charge is 0.480 e. The van der Waals surface area contributed by atoms with Gasteiger partial charge in [0.25, 0.3) is 0 Å². The van der Waals surface area contributed by atoms with E-state index in [2.05, 4.69) is 17.6 Å². The molecule has 2 amide bonds. The van der Waals surface area contributed by atoms with Gasteiger partial charge in [-0.1, -0.05) is 70.4 Å². The highest BCUT2D eigenvalue weighted by Gasteiger charge is 2.38. The van der Waals surface area contributed by atoms with Gasteiger partial charge in [0.2, 0.25) is 11.8 Å². The first-order valence-corrected chi connectivity index (χ1v) is 13.5. The van der Waals surface area contributed by atoms with E-state index >= 15 is 0 Å². The lowest BCUT2D eigenvalue weighted by atomic mass is 10.1. The first-order valence-electron chi connectivity index (χ1n) is 13.5. The van der Waals surface area contributed by atoms with Crippen molar-refractivity contribution in [3.8, 4) is 0 Å². The summed E-state index contributed by atoms with van der Waals surface area (Å²) in [6, 6.07) is -3.89. The van der Waals surface area contributed by atoms with Crippen molar-refractivity contribution in [1.82, 2.24) is 10.6 Å². The van der Waals surface area contributed by atoms with Crippen molar-refractivity contribution < 1.29 is 62.4 Å². The molecule has 0 bridgehead atoms. The molecule has 8 N–H and O–H groups in total. The Morgan fingerprint density at radius 2 is 1.21 bits per heavy atom. The van der Waals surface area contributed by atoms with Crippen LogP contribution in [0.5, 0.6) is 0 Å². The standard InChI is InChI=1S/C24H41N3O8.C2HF3O2/c1-2-3-4-5-6-7-8-9-10-14-20(28)27-19(24(34)35)15-16-21(29)26-18(23(32)33)13-11-12-17(25)22(30)31;3-2(4,5)1(6)7/h11,13,17-19H,2-10,12,14-16,25H2,1H3,(H,26,29)(H,27,28)(H,30,31)(H,32,33)(H,34,35);(H,6,7)/b13-11+;/t17-,18+,19-;/m1./s1. The van der Waals surface area contributed by atoms with E-state index < -0.39 is 60.0 Å². The molecule has 0 saturated heterocycles. The molecule has 0 radical (unpaired) electrons. The van der Waals surface area contributed by atoms with Crippen LogP contribution in [0.15, 0.2) is 12.2 Å². The summed E-state index contributed by atoms with van der Waals surface area (Å²) in [5, 5.41) is 39.0. The van der Waals surface area contributed by atoms with Crippen LogP contribution < -0.4 is 16.4 Å². The van der Waals surface area contributed by atoms with Crippen LogP contribution in [0.1, 0.15) is 90.4 Å². The number of hydrogen-bond donors (Lipinski definition) is 7. The number of unbranched alkanes of at least 4 members (excludes halogenated alkanes) is 8. The predicted octanol–water partition coefficient (Wildman–Crippen LogP) is 2.82. The van der Waals surface area contributed by atoms with Crippen molar-refractivity contribution in [1.29, 1.82) is 0 Å². The number of hydrogen-bond acceptors (Lipinski definition) is 7. The molecular formula is C26H42F3N3O10. The summed E-state index contributed by atoms with van der Waals surface area (Å²) >= 11 is 0. The zero-order valence-corrected chi connectivity index (χ0v) is 23.5. The van der Waals surface area contributed by atoms with Crippen LogP contribution in [-0.4, -0.2) is 80.4 Å². The summed E-state index contributed by atoms with van der Waals surface area (Å²) in [6.07, 6.45) is 6.65. The molecule has 242 valence electrons. The summed E-state index contributed by atoms with van der Waals surface area (Å²) in [6.45, 7) is 2.17. The fraction of sp³-hybridized carbons (Fsp3) is 0.692. The van der Waals surface area contributed by atoms with E-state index in [-0.39, 0.29) is 25.7 Å². The molecule has 0 rings (SSSR count). The molecule has 13 nitrogen and oxygen atoms in total. The molecule has 0 saturated carbocycles. The first kappa shape index (κ1) is 40.4. The normalized spacial score (nSPS) is 13.3. The number of nitrogens with two attached hydrogens (primary N) is 1. The molecule has 3 atom stereocenters. The number of carboxylic acids is 4. The number of alkyl halides is 3. The van der Waals surface area contributed by atoms with Crippen LogP contribution in [0.2, 0.25) is 0 Å². The van der Waals surface area contributed by atoms with E-state index in [1.54, 1.807) is 0 Å². The molecule has 0 aromatic carbocycles.